The summed E-state index contributed by atoms with van der Waals surface area (Å²) in [6.45, 7) is 2.82. The van der Waals surface area contributed by atoms with E-state index in [1.807, 2.05) is 54.5 Å². The molecule has 0 saturated heterocycles. The summed E-state index contributed by atoms with van der Waals surface area (Å²) in [5.74, 6) is 1.66. The molecule has 0 aliphatic heterocycles. The van der Waals surface area contributed by atoms with E-state index >= 15 is 0 Å². The van der Waals surface area contributed by atoms with Gasteiger partial charge in [-0.15, -0.1) is 0 Å². The van der Waals surface area contributed by atoms with Crippen LogP contribution in [0.15, 0.2) is 48.9 Å². The molecule has 3 heterocycles. The number of fused-ring (bicyclic) bond motifs is 1. The number of para-hydroxylation sites is 1. The Morgan fingerprint density at radius 2 is 1.88 bits per heavy atom. The smallest absolute Gasteiger partial charge is 0.163 e. The second-order valence-corrected chi connectivity index (χ2v) is 6.15. The van der Waals surface area contributed by atoms with Crippen LogP contribution in [-0.4, -0.2) is 36.1 Å². The molecule has 0 unspecified atom stereocenters. The maximum absolute atomic E-state index is 4.62. The molecule has 132 valence electrons. The van der Waals surface area contributed by atoms with Gasteiger partial charge in [-0.3, -0.25) is 4.68 Å². The Hall–Kier alpha value is -3.22. The lowest BCUT2D eigenvalue weighted by Gasteiger charge is -2.08. The number of hydrogen-bond donors (Lipinski definition) is 1. The van der Waals surface area contributed by atoms with Gasteiger partial charge in [0.15, 0.2) is 5.65 Å². The number of nitrogens with one attached hydrogen (secondary N) is 1. The summed E-state index contributed by atoms with van der Waals surface area (Å²) in [5.41, 5.74) is 3.09. The van der Waals surface area contributed by atoms with Gasteiger partial charge < -0.3 is 5.32 Å². The topological polar surface area (TPSA) is 73.5 Å². The first kappa shape index (κ1) is 16.3. The van der Waals surface area contributed by atoms with Gasteiger partial charge in [-0.1, -0.05) is 25.1 Å². The summed E-state index contributed by atoms with van der Waals surface area (Å²) < 4.78 is 3.68. The van der Waals surface area contributed by atoms with Crippen LogP contribution in [0, 0.1) is 0 Å². The van der Waals surface area contributed by atoms with E-state index in [0.717, 1.165) is 47.7 Å². The summed E-state index contributed by atoms with van der Waals surface area (Å²) in [6.07, 6.45) is 7.43. The van der Waals surface area contributed by atoms with Crippen molar-refractivity contribution in [1.29, 1.82) is 0 Å². The van der Waals surface area contributed by atoms with Crippen LogP contribution in [0.5, 0.6) is 0 Å². The van der Waals surface area contributed by atoms with Gasteiger partial charge in [-0.05, 0) is 24.1 Å². The Balaban J connectivity index is 1.47. The van der Waals surface area contributed by atoms with E-state index in [1.54, 1.807) is 4.68 Å². The van der Waals surface area contributed by atoms with Crippen LogP contribution in [-0.2, 0) is 19.9 Å². The van der Waals surface area contributed by atoms with E-state index in [-0.39, 0.29) is 0 Å². The molecule has 0 aliphatic rings. The normalized spacial score (nSPS) is 11.2. The number of aromatic nitrogens is 6. The first-order valence-corrected chi connectivity index (χ1v) is 8.76. The fraction of sp³-hybridized carbons (Fsp3) is 0.263. The molecule has 3 aromatic heterocycles. The summed E-state index contributed by atoms with van der Waals surface area (Å²) in [4.78, 5) is 9.17. The Morgan fingerprint density at radius 3 is 2.69 bits per heavy atom. The molecular weight excluding hydrogens is 326 g/mol. The van der Waals surface area contributed by atoms with Gasteiger partial charge in [0.05, 0.1) is 23.5 Å². The van der Waals surface area contributed by atoms with Gasteiger partial charge in [0.2, 0.25) is 0 Å². The van der Waals surface area contributed by atoms with Crippen molar-refractivity contribution in [1.82, 2.24) is 29.5 Å². The SMILES string of the molecule is CCc1nc(NCCc2cnn(-c3ccccc3)c2)c2cnn(C)c2n1. The van der Waals surface area contributed by atoms with Crippen molar-refractivity contribution in [3.8, 4) is 5.69 Å². The average Bonchev–Trinajstić information content (AvgIpc) is 3.30. The van der Waals surface area contributed by atoms with Gasteiger partial charge in [0, 0.05) is 26.2 Å². The highest BCUT2D eigenvalue weighted by molar-refractivity contribution is 5.86. The van der Waals surface area contributed by atoms with Crippen molar-refractivity contribution in [3.05, 3.63) is 60.3 Å². The number of benzene rings is 1. The molecule has 4 aromatic rings. The van der Waals surface area contributed by atoms with Crippen molar-refractivity contribution in [2.75, 3.05) is 11.9 Å². The van der Waals surface area contributed by atoms with Crippen LogP contribution in [0.1, 0.15) is 18.3 Å². The fourth-order valence-corrected chi connectivity index (χ4v) is 2.90. The second kappa shape index (κ2) is 6.95. The van der Waals surface area contributed by atoms with Gasteiger partial charge in [0.25, 0.3) is 0 Å². The molecule has 7 nitrogen and oxygen atoms in total. The zero-order chi connectivity index (χ0) is 17.9. The molecule has 0 spiro atoms. The molecule has 1 N–H and O–H groups in total. The van der Waals surface area contributed by atoms with Crippen molar-refractivity contribution in [2.24, 2.45) is 7.05 Å². The lowest BCUT2D eigenvalue weighted by Crippen LogP contribution is -2.09. The van der Waals surface area contributed by atoms with Crippen molar-refractivity contribution in [2.45, 2.75) is 19.8 Å². The van der Waals surface area contributed by atoms with Crippen LogP contribution >= 0.6 is 0 Å². The van der Waals surface area contributed by atoms with E-state index in [0.29, 0.717) is 0 Å². The summed E-state index contributed by atoms with van der Waals surface area (Å²) in [7, 11) is 1.90. The van der Waals surface area contributed by atoms with Gasteiger partial charge in [-0.25, -0.2) is 14.6 Å². The molecule has 0 aliphatic carbocycles. The second-order valence-electron chi connectivity index (χ2n) is 6.15. The highest BCUT2D eigenvalue weighted by Crippen LogP contribution is 2.19. The van der Waals surface area contributed by atoms with Crippen LogP contribution in [0.2, 0.25) is 0 Å². The molecule has 7 heteroatoms. The maximum atomic E-state index is 4.62. The quantitative estimate of drug-likeness (QED) is 0.580. The zero-order valence-corrected chi connectivity index (χ0v) is 14.9. The standard InChI is InChI=1S/C19H21N7/c1-3-17-23-18(16-12-21-25(2)19(16)24-17)20-10-9-14-11-22-26(13-14)15-7-5-4-6-8-15/h4-8,11-13H,3,9-10H2,1-2H3,(H,20,23,24). The van der Waals surface area contributed by atoms with Crippen molar-refractivity contribution in [3.63, 3.8) is 0 Å². The monoisotopic (exact) mass is 347 g/mol. The third-order valence-corrected chi connectivity index (χ3v) is 4.32. The number of nitrogens with zero attached hydrogens (tertiary/aromatic N) is 6. The predicted molar refractivity (Wildman–Crippen MR) is 101 cm³/mol. The lowest BCUT2D eigenvalue weighted by atomic mass is 10.2. The van der Waals surface area contributed by atoms with Crippen LogP contribution in [0.3, 0.4) is 0 Å². The molecule has 26 heavy (non-hydrogen) atoms. The molecular formula is C19H21N7. The first-order chi connectivity index (χ1) is 12.7. The number of aryl methyl sites for hydroxylation is 2. The van der Waals surface area contributed by atoms with E-state index in [4.69, 9.17) is 0 Å². The molecule has 4 rings (SSSR count). The van der Waals surface area contributed by atoms with Crippen molar-refractivity contribution < 1.29 is 0 Å². The highest BCUT2D eigenvalue weighted by atomic mass is 15.3. The maximum Gasteiger partial charge on any atom is 0.163 e. The number of anilines is 1. The third-order valence-electron chi connectivity index (χ3n) is 4.32. The lowest BCUT2D eigenvalue weighted by molar-refractivity contribution is 0.779. The minimum absolute atomic E-state index is 0.768. The summed E-state index contributed by atoms with van der Waals surface area (Å²) in [6, 6.07) is 10.1. The number of hydrogen-bond acceptors (Lipinski definition) is 5. The Morgan fingerprint density at radius 1 is 1.04 bits per heavy atom. The van der Waals surface area contributed by atoms with Crippen LogP contribution in [0.25, 0.3) is 16.7 Å². The molecule has 0 radical (unpaired) electrons. The predicted octanol–water partition coefficient (Wildman–Crippen LogP) is 2.77. The molecule has 0 bridgehead atoms. The molecule has 0 atom stereocenters. The van der Waals surface area contributed by atoms with Gasteiger partial charge in [0.1, 0.15) is 11.6 Å². The molecule has 0 saturated carbocycles. The van der Waals surface area contributed by atoms with E-state index < -0.39 is 0 Å². The highest BCUT2D eigenvalue weighted by Gasteiger charge is 2.10. The van der Waals surface area contributed by atoms with E-state index in [9.17, 15) is 0 Å². The average molecular weight is 347 g/mol. The minimum atomic E-state index is 0.768. The Kier molecular flexibility index (Phi) is 4.35. The van der Waals surface area contributed by atoms with E-state index in [2.05, 4.69) is 38.6 Å². The van der Waals surface area contributed by atoms with Crippen LogP contribution < -0.4 is 5.32 Å². The summed E-state index contributed by atoms with van der Waals surface area (Å²) in [5, 5.41) is 13.1. The van der Waals surface area contributed by atoms with Gasteiger partial charge in [-0.2, -0.15) is 10.2 Å². The third kappa shape index (κ3) is 3.15. The Labute approximate surface area is 151 Å². The molecule has 1 aromatic carbocycles. The molecule has 0 fully saturated rings. The van der Waals surface area contributed by atoms with Crippen molar-refractivity contribution >= 4 is 16.9 Å². The van der Waals surface area contributed by atoms with Gasteiger partial charge >= 0.3 is 0 Å². The largest absolute Gasteiger partial charge is 0.369 e. The van der Waals surface area contributed by atoms with Crippen LogP contribution in [0.4, 0.5) is 5.82 Å². The zero-order valence-electron chi connectivity index (χ0n) is 14.9. The minimum Gasteiger partial charge on any atom is -0.369 e. The number of rotatable bonds is 6. The Bertz CT molecular complexity index is 1020. The van der Waals surface area contributed by atoms with E-state index in [1.165, 1.54) is 5.56 Å². The summed E-state index contributed by atoms with van der Waals surface area (Å²) >= 11 is 0. The first-order valence-electron chi connectivity index (χ1n) is 8.76. The molecule has 0 amide bonds. The fourth-order valence-electron chi connectivity index (χ4n) is 2.90.